The topological polar surface area (TPSA) is 109 Å². The van der Waals surface area contributed by atoms with Gasteiger partial charge in [-0.1, -0.05) is 0 Å². The summed E-state index contributed by atoms with van der Waals surface area (Å²) in [6, 6.07) is 10.7. The fraction of sp³-hybridized carbons (Fsp3) is 0.407. The van der Waals surface area contributed by atoms with Crippen LogP contribution in [0.15, 0.2) is 53.7 Å². The Morgan fingerprint density at radius 2 is 1.95 bits per heavy atom. The predicted molar refractivity (Wildman–Crippen MR) is 142 cm³/mol. The third kappa shape index (κ3) is 5.12. The maximum atomic E-state index is 13.9. The van der Waals surface area contributed by atoms with Crippen LogP contribution in [0.25, 0.3) is 11.4 Å². The summed E-state index contributed by atoms with van der Waals surface area (Å²) in [4.78, 5) is 28.3. The smallest absolute Gasteiger partial charge is 0.319 e. The summed E-state index contributed by atoms with van der Waals surface area (Å²) in [7, 11) is -1.53. The Labute approximate surface area is 222 Å². The van der Waals surface area contributed by atoms with Gasteiger partial charge in [0.2, 0.25) is 0 Å². The predicted octanol–water partition coefficient (Wildman–Crippen LogP) is 3.98. The molecule has 2 amide bonds. The number of nitrogens with zero attached hydrogens (tertiary/aromatic N) is 4. The third-order valence-electron chi connectivity index (χ3n) is 7.11. The quantitative estimate of drug-likeness (QED) is 0.470. The molecule has 2 aromatic heterocycles. The van der Waals surface area contributed by atoms with Gasteiger partial charge in [-0.3, -0.25) is 9.19 Å². The van der Waals surface area contributed by atoms with E-state index in [-0.39, 0.29) is 18.1 Å². The standard InChI is InChI=1S/C27H29FN6O3S/c1-17-16-37-11-10-34(17)24-13-23(27(8-9-27)38(36)22-12-19(28)14-29-15-22)32-25(33-24)18-2-4-20(5-3-18)30-26(35)31-21-6-7-21/h2-5,12-15,17,21H,6-11,16H2,1H3,(H2,30,31,35)/t17-,38?/m0/s1. The fourth-order valence-corrected chi connectivity index (χ4v) is 6.26. The Morgan fingerprint density at radius 1 is 1.16 bits per heavy atom. The average molecular weight is 537 g/mol. The first-order chi connectivity index (χ1) is 18.4. The molecule has 3 aliphatic rings. The van der Waals surface area contributed by atoms with E-state index < -0.39 is 21.4 Å². The van der Waals surface area contributed by atoms with Crippen LogP contribution in [0.5, 0.6) is 0 Å². The number of rotatable bonds is 7. The first-order valence-corrected chi connectivity index (χ1v) is 14.0. The number of aromatic nitrogens is 3. The molecule has 0 bridgehead atoms. The van der Waals surface area contributed by atoms with Crippen LogP contribution < -0.4 is 15.5 Å². The van der Waals surface area contributed by atoms with Gasteiger partial charge in [-0.05, 0) is 62.9 Å². The molecule has 2 atom stereocenters. The maximum absolute atomic E-state index is 13.9. The Kier molecular flexibility index (Phi) is 6.56. The second-order valence-electron chi connectivity index (χ2n) is 10.1. The highest BCUT2D eigenvalue weighted by molar-refractivity contribution is 7.86. The van der Waals surface area contributed by atoms with Crippen molar-refractivity contribution in [1.29, 1.82) is 0 Å². The molecule has 3 aromatic rings. The number of carbonyl (C=O) groups excluding carboxylic acids is 1. The number of hydrogen-bond donors (Lipinski definition) is 2. The zero-order valence-corrected chi connectivity index (χ0v) is 21.8. The van der Waals surface area contributed by atoms with Crippen molar-refractivity contribution in [3.63, 3.8) is 0 Å². The van der Waals surface area contributed by atoms with E-state index in [4.69, 9.17) is 14.7 Å². The molecule has 11 heteroatoms. The number of anilines is 2. The molecule has 2 aliphatic carbocycles. The molecule has 1 unspecified atom stereocenters. The molecule has 1 saturated heterocycles. The highest BCUT2D eigenvalue weighted by Crippen LogP contribution is 2.53. The minimum absolute atomic E-state index is 0.115. The van der Waals surface area contributed by atoms with E-state index in [2.05, 4.69) is 27.4 Å². The summed E-state index contributed by atoms with van der Waals surface area (Å²) >= 11 is 0. The number of carbonyl (C=O) groups is 1. The number of hydrogen-bond acceptors (Lipinski definition) is 7. The van der Waals surface area contributed by atoms with Gasteiger partial charge in [0, 0.05) is 36.1 Å². The Balaban J connectivity index is 1.34. The summed E-state index contributed by atoms with van der Waals surface area (Å²) in [6.07, 6.45) is 5.94. The van der Waals surface area contributed by atoms with E-state index in [9.17, 15) is 13.4 Å². The van der Waals surface area contributed by atoms with Crippen molar-refractivity contribution >= 4 is 28.3 Å². The van der Waals surface area contributed by atoms with Gasteiger partial charge < -0.3 is 20.3 Å². The lowest BCUT2D eigenvalue weighted by Crippen LogP contribution is -2.44. The Hall–Kier alpha value is -3.44. The molecule has 38 heavy (non-hydrogen) atoms. The number of pyridine rings is 1. The van der Waals surface area contributed by atoms with E-state index in [0.717, 1.165) is 30.4 Å². The number of nitrogens with one attached hydrogen (secondary N) is 2. The summed E-state index contributed by atoms with van der Waals surface area (Å²) in [5.74, 6) is 0.732. The van der Waals surface area contributed by atoms with Gasteiger partial charge in [0.05, 0.1) is 51.6 Å². The molecule has 1 aromatic carbocycles. The number of urea groups is 1. The van der Waals surface area contributed by atoms with Crippen LogP contribution in [-0.2, 0) is 20.3 Å². The van der Waals surface area contributed by atoms with Crippen molar-refractivity contribution < 1.29 is 18.1 Å². The molecular formula is C27H29FN6O3S. The lowest BCUT2D eigenvalue weighted by molar-refractivity contribution is 0.0985. The van der Waals surface area contributed by atoms with Crippen LogP contribution in [0.4, 0.5) is 20.7 Å². The molecule has 2 saturated carbocycles. The van der Waals surface area contributed by atoms with E-state index in [1.54, 1.807) is 0 Å². The van der Waals surface area contributed by atoms with Crippen molar-refractivity contribution in [3.05, 3.63) is 60.3 Å². The minimum Gasteiger partial charge on any atom is -0.377 e. The zero-order valence-electron chi connectivity index (χ0n) is 21.0. The van der Waals surface area contributed by atoms with Gasteiger partial charge in [0.15, 0.2) is 5.82 Å². The Bertz CT molecular complexity index is 1380. The normalized spacial score (nSPS) is 21.0. The number of benzene rings is 1. The van der Waals surface area contributed by atoms with Crippen molar-refractivity contribution in [2.45, 2.75) is 54.3 Å². The SMILES string of the molecule is C[C@H]1COCCN1c1cc(C2(S(=O)c3cncc(F)c3)CC2)nc(-c2ccc(NC(=O)NC3CC3)cc2)n1. The van der Waals surface area contributed by atoms with Crippen molar-refractivity contribution in [3.8, 4) is 11.4 Å². The van der Waals surface area contributed by atoms with Gasteiger partial charge >= 0.3 is 6.03 Å². The van der Waals surface area contributed by atoms with Gasteiger partial charge in [0.1, 0.15) is 11.6 Å². The molecule has 198 valence electrons. The first-order valence-electron chi connectivity index (χ1n) is 12.9. The molecule has 3 fully saturated rings. The maximum Gasteiger partial charge on any atom is 0.319 e. The van der Waals surface area contributed by atoms with Crippen LogP contribution >= 0.6 is 0 Å². The highest BCUT2D eigenvalue weighted by atomic mass is 32.2. The Morgan fingerprint density at radius 3 is 2.63 bits per heavy atom. The highest BCUT2D eigenvalue weighted by Gasteiger charge is 2.52. The van der Waals surface area contributed by atoms with Gasteiger partial charge in [-0.2, -0.15) is 0 Å². The molecule has 2 N–H and O–H groups in total. The van der Waals surface area contributed by atoms with Crippen molar-refractivity contribution in [2.24, 2.45) is 0 Å². The van der Waals surface area contributed by atoms with Gasteiger partial charge in [0.25, 0.3) is 0 Å². The molecule has 3 heterocycles. The molecule has 0 radical (unpaired) electrons. The van der Waals surface area contributed by atoms with Crippen LogP contribution in [-0.4, -0.2) is 57.0 Å². The number of ether oxygens (including phenoxy) is 1. The molecule has 0 spiro atoms. The molecule has 1 aliphatic heterocycles. The summed E-state index contributed by atoms with van der Waals surface area (Å²) in [6.45, 7) is 3.94. The van der Waals surface area contributed by atoms with Gasteiger partial charge in [-0.15, -0.1) is 0 Å². The summed E-state index contributed by atoms with van der Waals surface area (Å²) in [5, 5.41) is 5.76. The number of amides is 2. The van der Waals surface area contributed by atoms with E-state index in [1.807, 2.05) is 30.3 Å². The van der Waals surface area contributed by atoms with Crippen LogP contribution in [0.1, 0.15) is 38.3 Å². The van der Waals surface area contributed by atoms with Crippen LogP contribution in [0, 0.1) is 5.82 Å². The van der Waals surface area contributed by atoms with Crippen LogP contribution in [0.2, 0.25) is 0 Å². The first kappa shape index (κ1) is 24.9. The minimum atomic E-state index is -1.53. The van der Waals surface area contributed by atoms with Crippen LogP contribution in [0.3, 0.4) is 0 Å². The molecule has 9 nitrogen and oxygen atoms in total. The third-order valence-corrected chi connectivity index (χ3v) is 9.09. The number of morpholine rings is 1. The zero-order chi connectivity index (χ0) is 26.3. The van der Waals surface area contributed by atoms with Crippen molar-refractivity contribution in [2.75, 3.05) is 30.0 Å². The molecule has 6 rings (SSSR count). The van der Waals surface area contributed by atoms with Crippen molar-refractivity contribution in [1.82, 2.24) is 20.3 Å². The second-order valence-corrected chi connectivity index (χ2v) is 11.9. The van der Waals surface area contributed by atoms with Gasteiger partial charge in [-0.25, -0.2) is 19.2 Å². The van der Waals surface area contributed by atoms with E-state index in [0.29, 0.717) is 54.7 Å². The molecular weight excluding hydrogens is 507 g/mol. The summed E-state index contributed by atoms with van der Waals surface area (Å²) < 4.78 is 32.5. The largest absolute Gasteiger partial charge is 0.377 e. The average Bonchev–Trinajstić information content (AvgIpc) is 3.85. The fourth-order valence-electron chi connectivity index (χ4n) is 4.66. The lowest BCUT2D eigenvalue weighted by Gasteiger charge is -2.34. The lowest BCUT2D eigenvalue weighted by atomic mass is 10.1. The number of halogens is 1. The van der Waals surface area contributed by atoms with E-state index in [1.165, 1.54) is 12.3 Å². The second kappa shape index (κ2) is 10.0. The summed E-state index contributed by atoms with van der Waals surface area (Å²) in [5.41, 5.74) is 2.12. The monoisotopic (exact) mass is 536 g/mol. The van der Waals surface area contributed by atoms with E-state index >= 15 is 0 Å².